The largest absolute Gasteiger partial charge is 0.492 e. The van der Waals surface area contributed by atoms with Gasteiger partial charge in [0.25, 0.3) is 0 Å². The van der Waals surface area contributed by atoms with E-state index in [0.717, 1.165) is 16.1 Å². The van der Waals surface area contributed by atoms with Gasteiger partial charge in [-0.2, -0.15) is 0 Å². The summed E-state index contributed by atoms with van der Waals surface area (Å²) in [6, 6.07) is 20.7. The summed E-state index contributed by atoms with van der Waals surface area (Å²) in [6.07, 6.45) is 0.252. The van der Waals surface area contributed by atoms with Crippen LogP contribution in [0.25, 0.3) is 0 Å². The Morgan fingerprint density at radius 1 is 1.09 bits per heavy atom. The molecule has 0 aliphatic carbocycles. The fourth-order valence-corrected chi connectivity index (χ4v) is 5.31. The molecule has 1 atom stereocenters. The van der Waals surface area contributed by atoms with Crippen molar-refractivity contribution in [3.05, 3.63) is 72.3 Å². The van der Waals surface area contributed by atoms with E-state index in [-0.39, 0.29) is 36.8 Å². The second kappa shape index (κ2) is 9.69. The van der Waals surface area contributed by atoms with Crippen LogP contribution < -0.4 is 24.4 Å². The highest BCUT2D eigenvalue weighted by molar-refractivity contribution is 7.99. The summed E-state index contributed by atoms with van der Waals surface area (Å²) in [5.74, 6) is 1.58. The number of para-hydroxylation sites is 3. The zero-order chi connectivity index (χ0) is 23.5. The minimum absolute atomic E-state index is 0.0925. The number of thioether (sulfide) groups is 1. The monoisotopic (exact) mass is 476 g/mol. The number of carbonyl (C=O) groups excluding carboxylic acids is 2. The van der Waals surface area contributed by atoms with Crippen molar-refractivity contribution < 1.29 is 23.8 Å². The lowest BCUT2D eigenvalue weighted by atomic mass is 10.1. The molecule has 0 saturated heterocycles. The molecule has 34 heavy (non-hydrogen) atoms. The number of fused-ring (bicyclic) bond motifs is 2. The van der Waals surface area contributed by atoms with Crippen LogP contribution >= 0.6 is 11.8 Å². The number of anilines is 2. The first kappa shape index (κ1) is 22.2. The van der Waals surface area contributed by atoms with Gasteiger partial charge in [0.05, 0.1) is 18.0 Å². The zero-order valence-corrected chi connectivity index (χ0v) is 19.5. The maximum atomic E-state index is 13.4. The van der Waals surface area contributed by atoms with Crippen LogP contribution in [-0.4, -0.2) is 31.8 Å². The summed E-state index contributed by atoms with van der Waals surface area (Å²) in [4.78, 5) is 28.9. The van der Waals surface area contributed by atoms with Crippen molar-refractivity contribution in [1.82, 2.24) is 0 Å². The molecule has 5 rings (SSSR count). The van der Waals surface area contributed by atoms with Crippen LogP contribution in [0, 0.1) is 0 Å². The molecule has 0 spiro atoms. The van der Waals surface area contributed by atoms with Crippen LogP contribution in [0.3, 0.4) is 0 Å². The van der Waals surface area contributed by atoms with Crippen LogP contribution in [0.2, 0.25) is 0 Å². The quantitative estimate of drug-likeness (QED) is 0.538. The van der Waals surface area contributed by atoms with E-state index in [4.69, 9.17) is 14.2 Å². The van der Waals surface area contributed by atoms with Crippen molar-refractivity contribution >= 4 is 35.0 Å². The highest BCUT2D eigenvalue weighted by atomic mass is 32.2. The fraction of sp³-hybridized carbons (Fsp3) is 0.231. The number of carbonyl (C=O) groups is 2. The van der Waals surface area contributed by atoms with Gasteiger partial charge >= 0.3 is 0 Å². The van der Waals surface area contributed by atoms with Gasteiger partial charge in [-0.1, -0.05) is 30.3 Å². The average molecular weight is 477 g/mol. The number of benzene rings is 3. The van der Waals surface area contributed by atoms with E-state index in [1.54, 1.807) is 28.8 Å². The van der Waals surface area contributed by atoms with E-state index >= 15 is 0 Å². The molecule has 3 aromatic rings. The number of hydrogen-bond acceptors (Lipinski definition) is 6. The van der Waals surface area contributed by atoms with E-state index < -0.39 is 0 Å². The molecular weight excluding hydrogens is 452 g/mol. The number of nitrogens with one attached hydrogen (secondary N) is 1. The molecule has 0 saturated carbocycles. The van der Waals surface area contributed by atoms with Crippen molar-refractivity contribution in [2.45, 2.75) is 23.5 Å². The van der Waals surface area contributed by atoms with Gasteiger partial charge in [-0.3, -0.25) is 9.59 Å². The molecule has 7 nitrogen and oxygen atoms in total. The summed E-state index contributed by atoms with van der Waals surface area (Å²) in [5.41, 5.74) is 2.29. The summed E-state index contributed by atoms with van der Waals surface area (Å²) < 4.78 is 16.5. The first-order valence-corrected chi connectivity index (χ1v) is 12.0. The van der Waals surface area contributed by atoms with E-state index in [1.807, 2.05) is 61.5 Å². The number of nitrogens with zero attached hydrogens (tertiary/aromatic N) is 1. The number of ether oxygens (including phenoxy) is 3. The SMILES string of the molecule is CCOc1ccccc1NC(=O)CN1C(=O)CC(c2ccc3c(c2)OCO3)Sc2ccccc21. The Balaban J connectivity index is 1.38. The predicted octanol–water partition coefficient (Wildman–Crippen LogP) is 5.02. The van der Waals surface area contributed by atoms with Gasteiger partial charge < -0.3 is 24.4 Å². The molecule has 8 heteroatoms. The molecule has 2 aliphatic heterocycles. The molecule has 1 N–H and O–H groups in total. The Morgan fingerprint density at radius 2 is 1.88 bits per heavy atom. The highest BCUT2D eigenvalue weighted by Gasteiger charge is 2.31. The number of amides is 2. The average Bonchev–Trinajstić information content (AvgIpc) is 3.27. The second-order valence-electron chi connectivity index (χ2n) is 7.85. The van der Waals surface area contributed by atoms with Crippen molar-refractivity contribution in [2.75, 3.05) is 30.2 Å². The Kier molecular flexibility index (Phi) is 6.31. The minimum Gasteiger partial charge on any atom is -0.492 e. The minimum atomic E-state index is -0.290. The molecule has 3 aromatic carbocycles. The lowest BCUT2D eigenvalue weighted by molar-refractivity contribution is -0.121. The van der Waals surface area contributed by atoms with Gasteiger partial charge in [-0.05, 0) is 48.9 Å². The Hall–Kier alpha value is -3.65. The molecule has 1 unspecified atom stereocenters. The topological polar surface area (TPSA) is 77.1 Å². The normalized spacial score (nSPS) is 16.6. The van der Waals surface area contributed by atoms with Crippen molar-refractivity contribution in [1.29, 1.82) is 0 Å². The fourth-order valence-electron chi connectivity index (χ4n) is 4.04. The van der Waals surface area contributed by atoms with Gasteiger partial charge in [0.2, 0.25) is 18.6 Å². The van der Waals surface area contributed by atoms with Crippen LogP contribution in [0.5, 0.6) is 17.2 Å². The molecular formula is C26H24N2O5S. The van der Waals surface area contributed by atoms with E-state index in [9.17, 15) is 9.59 Å². The summed E-state index contributed by atoms with van der Waals surface area (Å²) in [5, 5.41) is 2.77. The number of rotatable bonds is 6. The third kappa shape index (κ3) is 4.54. The third-order valence-corrected chi connectivity index (χ3v) is 6.94. The van der Waals surface area contributed by atoms with Crippen LogP contribution in [0.15, 0.2) is 71.6 Å². The maximum Gasteiger partial charge on any atom is 0.244 e. The predicted molar refractivity (Wildman–Crippen MR) is 131 cm³/mol. The molecule has 0 aromatic heterocycles. The van der Waals surface area contributed by atoms with E-state index in [2.05, 4.69) is 5.32 Å². The summed E-state index contributed by atoms with van der Waals surface area (Å²) in [6.45, 7) is 2.49. The van der Waals surface area contributed by atoms with Crippen LogP contribution in [0.1, 0.15) is 24.2 Å². The van der Waals surface area contributed by atoms with E-state index in [1.165, 1.54) is 0 Å². The van der Waals surface area contributed by atoms with Crippen molar-refractivity contribution in [2.24, 2.45) is 0 Å². The van der Waals surface area contributed by atoms with Crippen LogP contribution in [-0.2, 0) is 9.59 Å². The maximum absolute atomic E-state index is 13.4. The van der Waals surface area contributed by atoms with Gasteiger partial charge in [0.1, 0.15) is 12.3 Å². The lowest BCUT2D eigenvalue weighted by Gasteiger charge is -2.22. The molecule has 0 bridgehead atoms. The first-order chi connectivity index (χ1) is 16.6. The van der Waals surface area contributed by atoms with Crippen molar-refractivity contribution in [3.8, 4) is 17.2 Å². The molecule has 2 aliphatic rings. The molecule has 2 amide bonds. The Morgan fingerprint density at radius 3 is 2.76 bits per heavy atom. The lowest BCUT2D eigenvalue weighted by Crippen LogP contribution is -2.38. The summed E-state index contributed by atoms with van der Waals surface area (Å²) in [7, 11) is 0. The van der Waals surface area contributed by atoms with Crippen molar-refractivity contribution in [3.63, 3.8) is 0 Å². The second-order valence-corrected chi connectivity index (χ2v) is 9.09. The standard InChI is InChI=1S/C26H24N2O5S/c1-2-31-20-9-5-3-7-18(20)27-25(29)15-28-19-8-4-6-10-23(19)34-24(14-26(28)30)17-11-12-21-22(13-17)33-16-32-21/h3-13,24H,2,14-16H2,1H3,(H,27,29). The number of hydrogen-bond donors (Lipinski definition) is 1. The Labute approximate surface area is 202 Å². The molecule has 0 radical (unpaired) electrons. The van der Waals surface area contributed by atoms with Gasteiger partial charge in [0, 0.05) is 16.6 Å². The van der Waals surface area contributed by atoms with Gasteiger partial charge in [-0.25, -0.2) is 0 Å². The zero-order valence-electron chi connectivity index (χ0n) is 18.7. The molecule has 174 valence electrons. The van der Waals surface area contributed by atoms with Gasteiger partial charge in [-0.15, -0.1) is 11.8 Å². The first-order valence-electron chi connectivity index (χ1n) is 11.1. The van der Waals surface area contributed by atoms with Gasteiger partial charge in [0.15, 0.2) is 11.5 Å². The van der Waals surface area contributed by atoms with E-state index in [0.29, 0.717) is 29.5 Å². The van der Waals surface area contributed by atoms with Crippen LogP contribution in [0.4, 0.5) is 11.4 Å². The summed E-state index contributed by atoms with van der Waals surface area (Å²) >= 11 is 1.61. The smallest absolute Gasteiger partial charge is 0.244 e. The molecule has 2 heterocycles. The Bertz CT molecular complexity index is 1230. The molecule has 0 fully saturated rings. The highest BCUT2D eigenvalue weighted by Crippen LogP contribution is 2.47. The third-order valence-electron chi connectivity index (χ3n) is 5.62.